The predicted molar refractivity (Wildman–Crippen MR) is 75.6 cm³/mol. The molecule has 0 spiro atoms. The van der Waals surface area contributed by atoms with Gasteiger partial charge in [0.05, 0.1) is 6.61 Å². The SMILES string of the molecule is C/C=C/CCCCCOC[N+](CO)(CO)C(C)C(=O)O. The molecule has 1 unspecified atom stereocenters. The number of nitrogens with zero attached hydrogens (tertiary/aromatic N) is 1. The molecule has 0 saturated carbocycles. The van der Waals surface area contributed by atoms with E-state index in [0.717, 1.165) is 25.7 Å². The molecule has 0 rings (SSSR count). The van der Waals surface area contributed by atoms with Crippen molar-refractivity contribution in [2.24, 2.45) is 0 Å². The standard InChI is InChI=1S/C14H27NO5/c1-3-4-5-6-7-8-9-20-12-15(10-16,11-17)13(2)14(18)19/h3-4,13,16-17H,5-12H2,1-2H3/p+1/b4-3+. The number of carbonyl (C=O) groups is 1. The number of aliphatic carboxylic acids is 1. The minimum Gasteiger partial charge on any atom is -0.477 e. The van der Waals surface area contributed by atoms with Crippen LogP contribution in [0.25, 0.3) is 0 Å². The second kappa shape index (κ2) is 10.8. The number of aliphatic hydroxyl groups is 2. The Kier molecular flexibility index (Phi) is 10.3. The second-order valence-corrected chi connectivity index (χ2v) is 4.97. The van der Waals surface area contributed by atoms with E-state index in [1.54, 1.807) is 0 Å². The van der Waals surface area contributed by atoms with Gasteiger partial charge in [-0.25, -0.2) is 9.28 Å². The normalized spacial score (nSPS) is 13.8. The molecule has 1 atom stereocenters. The first-order chi connectivity index (χ1) is 9.54. The van der Waals surface area contributed by atoms with E-state index in [4.69, 9.17) is 9.84 Å². The Hall–Kier alpha value is -0.950. The predicted octanol–water partition coefficient (Wildman–Crippen LogP) is 1.29. The van der Waals surface area contributed by atoms with Gasteiger partial charge in [0.1, 0.15) is 0 Å². The van der Waals surface area contributed by atoms with Gasteiger partial charge in [-0.2, -0.15) is 0 Å². The van der Waals surface area contributed by atoms with Crippen molar-refractivity contribution in [2.75, 3.05) is 26.8 Å². The molecule has 0 aromatic heterocycles. The summed E-state index contributed by atoms with van der Waals surface area (Å²) in [4.78, 5) is 11.0. The van der Waals surface area contributed by atoms with Gasteiger partial charge in [-0.05, 0) is 33.1 Å². The molecule has 0 amide bonds. The maximum absolute atomic E-state index is 11.0. The van der Waals surface area contributed by atoms with Crippen LogP contribution >= 0.6 is 0 Å². The van der Waals surface area contributed by atoms with Crippen molar-refractivity contribution in [3.63, 3.8) is 0 Å². The number of quaternary nitrogens is 1. The number of unbranched alkanes of at least 4 members (excludes halogenated alkanes) is 3. The van der Waals surface area contributed by atoms with Crippen LogP contribution in [0.2, 0.25) is 0 Å². The molecule has 0 bridgehead atoms. The number of hydrogen-bond acceptors (Lipinski definition) is 4. The maximum Gasteiger partial charge on any atom is 0.362 e. The zero-order valence-corrected chi connectivity index (χ0v) is 12.5. The largest absolute Gasteiger partial charge is 0.477 e. The molecule has 0 radical (unpaired) electrons. The van der Waals surface area contributed by atoms with Crippen molar-refractivity contribution in [1.29, 1.82) is 0 Å². The Morgan fingerprint density at radius 3 is 2.40 bits per heavy atom. The maximum atomic E-state index is 11.0. The van der Waals surface area contributed by atoms with Crippen LogP contribution in [-0.2, 0) is 9.53 Å². The van der Waals surface area contributed by atoms with Crippen LogP contribution in [0.1, 0.15) is 39.5 Å². The van der Waals surface area contributed by atoms with Crippen LogP contribution < -0.4 is 0 Å². The van der Waals surface area contributed by atoms with E-state index in [2.05, 4.69) is 6.08 Å². The van der Waals surface area contributed by atoms with Gasteiger partial charge in [0.2, 0.25) is 0 Å². The molecule has 118 valence electrons. The topological polar surface area (TPSA) is 87.0 Å². The average Bonchev–Trinajstić information content (AvgIpc) is 2.45. The van der Waals surface area contributed by atoms with Crippen LogP contribution in [0.3, 0.4) is 0 Å². The van der Waals surface area contributed by atoms with Crippen molar-refractivity contribution in [2.45, 2.75) is 45.6 Å². The van der Waals surface area contributed by atoms with E-state index in [-0.39, 0.29) is 6.73 Å². The molecule has 0 aliphatic rings. The first-order valence-electron chi connectivity index (χ1n) is 7.03. The first-order valence-corrected chi connectivity index (χ1v) is 7.03. The molecule has 20 heavy (non-hydrogen) atoms. The van der Waals surface area contributed by atoms with E-state index in [0.29, 0.717) is 6.61 Å². The fraction of sp³-hybridized carbons (Fsp3) is 0.786. The van der Waals surface area contributed by atoms with Gasteiger partial charge in [-0.15, -0.1) is 0 Å². The van der Waals surface area contributed by atoms with E-state index >= 15 is 0 Å². The molecular formula is C14H28NO5+. The van der Waals surface area contributed by atoms with Crippen LogP contribution in [0.15, 0.2) is 12.2 Å². The Bertz CT molecular complexity index is 289. The van der Waals surface area contributed by atoms with Crippen LogP contribution in [0.5, 0.6) is 0 Å². The number of carboxylic acids is 1. The fourth-order valence-corrected chi connectivity index (χ4v) is 1.77. The lowest BCUT2D eigenvalue weighted by Gasteiger charge is -2.36. The summed E-state index contributed by atoms with van der Waals surface area (Å²) >= 11 is 0. The van der Waals surface area contributed by atoms with Crippen molar-refractivity contribution in [1.82, 2.24) is 0 Å². The Labute approximate surface area is 120 Å². The van der Waals surface area contributed by atoms with Crippen molar-refractivity contribution in [3.8, 4) is 0 Å². The third kappa shape index (κ3) is 6.47. The summed E-state index contributed by atoms with van der Waals surface area (Å²) in [6.07, 6.45) is 8.22. The third-order valence-electron chi connectivity index (χ3n) is 3.49. The molecule has 0 aromatic carbocycles. The third-order valence-corrected chi connectivity index (χ3v) is 3.49. The number of rotatable bonds is 12. The Balaban J connectivity index is 4.01. The van der Waals surface area contributed by atoms with Gasteiger partial charge < -0.3 is 20.1 Å². The lowest BCUT2D eigenvalue weighted by molar-refractivity contribution is -0.989. The van der Waals surface area contributed by atoms with E-state index < -0.39 is 30.0 Å². The summed E-state index contributed by atoms with van der Waals surface area (Å²) in [5.41, 5.74) is 0. The van der Waals surface area contributed by atoms with E-state index in [9.17, 15) is 15.0 Å². The highest BCUT2D eigenvalue weighted by Gasteiger charge is 2.38. The van der Waals surface area contributed by atoms with Gasteiger partial charge in [0.25, 0.3) is 0 Å². The molecule has 0 heterocycles. The molecule has 0 aliphatic carbocycles. The number of carboxylic acid groups (broad SMARTS) is 1. The lowest BCUT2D eigenvalue weighted by atomic mass is 10.2. The van der Waals surface area contributed by atoms with Crippen molar-refractivity contribution < 1.29 is 29.3 Å². The van der Waals surface area contributed by atoms with Crippen molar-refractivity contribution >= 4 is 5.97 Å². The van der Waals surface area contributed by atoms with Gasteiger partial charge in [-0.1, -0.05) is 18.6 Å². The quantitative estimate of drug-likeness (QED) is 0.218. The molecule has 6 nitrogen and oxygen atoms in total. The summed E-state index contributed by atoms with van der Waals surface area (Å²) in [6.45, 7) is 3.01. The number of hydrogen-bond donors (Lipinski definition) is 3. The highest BCUT2D eigenvalue weighted by molar-refractivity contribution is 5.71. The van der Waals surface area contributed by atoms with E-state index in [1.165, 1.54) is 6.92 Å². The highest BCUT2D eigenvalue weighted by Crippen LogP contribution is 2.13. The minimum atomic E-state index is -1.07. The Morgan fingerprint density at radius 1 is 1.25 bits per heavy atom. The zero-order chi connectivity index (χ0) is 15.4. The van der Waals surface area contributed by atoms with Gasteiger partial charge in [0, 0.05) is 0 Å². The van der Waals surface area contributed by atoms with Gasteiger partial charge >= 0.3 is 5.97 Å². The summed E-state index contributed by atoms with van der Waals surface area (Å²) in [7, 11) is 0. The summed E-state index contributed by atoms with van der Waals surface area (Å²) in [6, 6.07) is -0.917. The first kappa shape index (κ1) is 19.1. The molecule has 6 heteroatoms. The highest BCUT2D eigenvalue weighted by atomic mass is 16.5. The summed E-state index contributed by atoms with van der Waals surface area (Å²) in [5, 5.41) is 27.7. The minimum absolute atomic E-state index is 0.00463. The lowest BCUT2D eigenvalue weighted by Crippen LogP contribution is -2.59. The average molecular weight is 290 g/mol. The molecule has 0 fully saturated rings. The smallest absolute Gasteiger partial charge is 0.362 e. The number of ether oxygens (including phenoxy) is 1. The monoisotopic (exact) mass is 290 g/mol. The van der Waals surface area contributed by atoms with Gasteiger partial charge in [0.15, 0.2) is 26.2 Å². The molecule has 3 N–H and O–H groups in total. The molecule has 0 aromatic rings. The Morgan fingerprint density at radius 2 is 1.90 bits per heavy atom. The molecule has 0 aliphatic heterocycles. The fourth-order valence-electron chi connectivity index (χ4n) is 1.77. The second-order valence-electron chi connectivity index (χ2n) is 4.97. The molecular weight excluding hydrogens is 262 g/mol. The van der Waals surface area contributed by atoms with E-state index in [1.807, 2.05) is 13.0 Å². The summed E-state index contributed by atoms with van der Waals surface area (Å²) < 4.78 is 5.03. The zero-order valence-electron chi connectivity index (χ0n) is 12.5. The van der Waals surface area contributed by atoms with Gasteiger partial charge in [-0.3, -0.25) is 0 Å². The van der Waals surface area contributed by atoms with Crippen molar-refractivity contribution in [3.05, 3.63) is 12.2 Å². The number of allylic oxidation sites excluding steroid dienone is 2. The van der Waals surface area contributed by atoms with Crippen LogP contribution in [0, 0.1) is 0 Å². The summed E-state index contributed by atoms with van der Waals surface area (Å²) in [5.74, 6) is -1.07. The van der Waals surface area contributed by atoms with Crippen LogP contribution in [-0.4, -0.2) is 58.6 Å². The van der Waals surface area contributed by atoms with Crippen LogP contribution in [0.4, 0.5) is 0 Å². The molecule has 0 saturated heterocycles. The number of aliphatic hydroxyl groups excluding tert-OH is 2.